The van der Waals surface area contributed by atoms with Crippen LogP contribution in [0.5, 0.6) is 0 Å². The first-order valence-corrected chi connectivity index (χ1v) is 7.51. The van der Waals surface area contributed by atoms with Gasteiger partial charge in [-0.2, -0.15) is 0 Å². The third-order valence-corrected chi connectivity index (χ3v) is 4.26. The van der Waals surface area contributed by atoms with E-state index < -0.39 is 0 Å². The van der Waals surface area contributed by atoms with E-state index in [0.29, 0.717) is 16.6 Å². The van der Waals surface area contributed by atoms with Gasteiger partial charge in [0.25, 0.3) is 0 Å². The molecule has 0 atom stereocenters. The van der Waals surface area contributed by atoms with Gasteiger partial charge in [-0.3, -0.25) is 0 Å². The van der Waals surface area contributed by atoms with Crippen LogP contribution < -0.4 is 5.73 Å². The van der Waals surface area contributed by atoms with Gasteiger partial charge >= 0.3 is 0 Å². The molecule has 0 spiro atoms. The van der Waals surface area contributed by atoms with Crippen molar-refractivity contribution < 1.29 is 4.52 Å². The molecule has 0 amide bonds. The van der Waals surface area contributed by atoms with Crippen molar-refractivity contribution in [2.45, 2.75) is 6.92 Å². The van der Waals surface area contributed by atoms with Crippen LogP contribution in [0.2, 0.25) is 5.02 Å². The molecule has 0 aliphatic carbocycles. The number of hydrogen-bond donors (Lipinski definition) is 1. The summed E-state index contributed by atoms with van der Waals surface area (Å²) in [6, 6.07) is 13.5. The van der Waals surface area contributed by atoms with Gasteiger partial charge in [0.15, 0.2) is 0 Å². The van der Waals surface area contributed by atoms with Gasteiger partial charge in [0.2, 0.25) is 5.88 Å². The Morgan fingerprint density at radius 1 is 1.19 bits per heavy atom. The molecule has 0 bridgehead atoms. The van der Waals surface area contributed by atoms with Gasteiger partial charge in [0.05, 0.1) is 5.56 Å². The Kier molecular flexibility index (Phi) is 3.74. The highest BCUT2D eigenvalue weighted by Gasteiger charge is 2.19. The van der Waals surface area contributed by atoms with E-state index in [4.69, 9.17) is 21.9 Å². The van der Waals surface area contributed by atoms with Crippen LogP contribution in [0, 0.1) is 6.92 Å². The molecule has 0 saturated carbocycles. The molecule has 0 unspecified atom stereocenters. The highest BCUT2D eigenvalue weighted by atomic mass is 79.9. The summed E-state index contributed by atoms with van der Waals surface area (Å²) in [7, 11) is 0. The fraction of sp³-hybridized carbons (Fsp3) is 0.0625. The molecular weight excluding hydrogens is 352 g/mol. The maximum Gasteiger partial charge on any atom is 0.230 e. The summed E-state index contributed by atoms with van der Waals surface area (Å²) in [5.74, 6) is 0.294. The quantitative estimate of drug-likeness (QED) is 0.671. The van der Waals surface area contributed by atoms with Crippen molar-refractivity contribution >= 4 is 33.4 Å². The van der Waals surface area contributed by atoms with Gasteiger partial charge in [-0.1, -0.05) is 57.0 Å². The lowest BCUT2D eigenvalue weighted by atomic mass is 9.98. The molecule has 3 nitrogen and oxygen atoms in total. The first-order chi connectivity index (χ1) is 10.1. The Morgan fingerprint density at radius 2 is 1.95 bits per heavy atom. The van der Waals surface area contributed by atoms with Gasteiger partial charge in [0, 0.05) is 15.1 Å². The molecule has 3 rings (SSSR count). The predicted octanol–water partition coefficient (Wildman–Crippen LogP) is 5.32. The zero-order valence-corrected chi connectivity index (χ0v) is 13.6. The number of hydrogen-bond acceptors (Lipinski definition) is 3. The number of anilines is 1. The van der Waals surface area contributed by atoms with E-state index in [1.165, 1.54) is 0 Å². The second-order valence-electron chi connectivity index (χ2n) is 4.69. The van der Waals surface area contributed by atoms with Crippen LogP contribution in [0.1, 0.15) is 5.56 Å². The van der Waals surface area contributed by atoms with E-state index in [2.05, 4.69) is 21.1 Å². The summed E-state index contributed by atoms with van der Waals surface area (Å²) in [6.07, 6.45) is 0. The van der Waals surface area contributed by atoms with Crippen molar-refractivity contribution in [2.24, 2.45) is 0 Å². The lowest BCUT2D eigenvalue weighted by molar-refractivity contribution is 0.439. The molecule has 0 aliphatic heterocycles. The fourth-order valence-corrected chi connectivity index (χ4v) is 2.85. The highest BCUT2D eigenvalue weighted by Crippen LogP contribution is 2.39. The van der Waals surface area contributed by atoms with E-state index in [-0.39, 0.29) is 0 Å². The zero-order chi connectivity index (χ0) is 15.0. The lowest BCUT2D eigenvalue weighted by Gasteiger charge is -2.07. The Hall–Kier alpha value is -1.78. The van der Waals surface area contributed by atoms with Crippen LogP contribution in [0.15, 0.2) is 51.5 Å². The number of benzene rings is 2. The summed E-state index contributed by atoms with van der Waals surface area (Å²) in [5, 5.41) is 4.81. The van der Waals surface area contributed by atoms with Crippen LogP contribution in [0.25, 0.3) is 22.4 Å². The Balaban J connectivity index is 2.24. The minimum Gasteiger partial charge on any atom is -0.367 e. The molecule has 0 radical (unpaired) electrons. The van der Waals surface area contributed by atoms with Crippen LogP contribution in [-0.2, 0) is 0 Å². The maximum atomic E-state index is 6.20. The minimum absolute atomic E-state index is 0.294. The second-order valence-corrected chi connectivity index (χ2v) is 6.02. The van der Waals surface area contributed by atoms with Gasteiger partial charge in [-0.05, 0) is 36.2 Å². The molecule has 0 saturated heterocycles. The smallest absolute Gasteiger partial charge is 0.230 e. The van der Waals surface area contributed by atoms with Crippen molar-refractivity contribution in [1.82, 2.24) is 5.16 Å². The SMILES string of the molecule is Cc1c(Cl)cccc1-c1noc(N)c1-c1cccc(Br)c1. The summed E-state index contributed by atoms with van der Waals surface area (Å²) in [4.78, 5) is 0. The van der Waals surface area contributed by atoms with Crippen molar-refractivity contribution in [3.63, 3.8) is 0 Å². The van der Waals surface area contributed by atoms with E-state index >= 15 is 0 Å². The number of rotatable bonds is 2. The maximum absolute atomic E-state index is 6.20. The first-order valence-electron chi connectivity index (χ1n) is 6.34. The average molecular weight is 364 g/mol. The van der Waals surface area contributed by atoms with Gasteiger partial charge < -0.3 is 10.3 Å². The number of halogens is 2. The predicted molar refractivity (Wildman–Crippen MR) is 89.2 cm³/mol. The molecule has 2 aromatic carbocycles. The van der Waals surface area contributed by atoms with Crippen LogP contribution in [0.4, 0.5) is 5.88 Å². The van der Waals surface area contributed by atoms with Crippen molar-refractivity contribution in [2.75, 3.05) is 5.73 Å². The largest absolute Gasteiger partial charge is 0.367 e. The zero-order valence-electron chi connectivity index (χ0n) is 11.2. The van der Waals surface area contributed by atoms with Gasteiger partial charge in [-0.25, -0.2) is 0 Å². The van der Waals surface area contributed by atoms with E-state index in [0.717, 1.165) is 26.7 Å². The number of nitrogens with two attached hydrogens (primary N) is 1. The van der Waals surface area contributed by atoms with E-state index in [1.54, 1.807) is 0 Å². The topological polar surface area (TPSA) is 52.0 Å². The highest BCUT2D eigenvalue weighted by molar-refractivity contribution is 9.10. The van der Waals surface area contributed by atoms with Gasteiger partial charge in [-0.15, -0.1) is 0 Å². The molecule has 1 aromatic heterocycles. The number of nitrogen functional groups attached to an aromatic ring is 1. The van der Waals surface area contributed by atoms with Gasteiger partial charge in [0.1, 0.15) is 5.69 Å². The summed E-state index contributed by atoms with van der Waals surface area (Å²) >= 11 is 9.66. The summed E-state index contributed by atoms with van der Waals surface area (Å²) < 4.78 is 6.18. The average Bonchev–Trinajstić information content (AvgIpc) is 2.83. The number of nitrogens with zero attached hydrogens (tertiary/aromatic N) is 1. The van der Waals surface area contributed by atoms with Crippen molar-refractivity contribution in [3.8, 4) is 22.4 Å². The molecular formula is C16H12BrClN2O. The fourth-order valence-electron chi connectivity index (χ4n) is 2.27. The molecule has 0 aliphatic rings. The molecule has 1 heterocycles. The molecule has 106 valence electrons. The first kappa shape index (κ1) is 14.2. The summed E-state index contributed by atoms with van der Waals surface area (Å²) in [5.41, 5.74) is 10.3. The monoisotopic (exact) mass is 362 g/mol. The lowest BCUT2D eigenvalue weighted by Crippen LogP contribution is -1.90. The third-order valence-electron chi connectivity index (χ3n) is 3.35. The van der Waals surface area contributed by atoms with E-state index in [1.807, 2.05) is 49.4 Å². The van der Waals surface area contributed by atoms with Crippen molar-refractivity contribution in [1.29, 1.82) is 0 Å². The molecule has 21 heavy (non-hydrogen) atoms. The van der Waals surface area contributed by atoms with Crippen LogP contribution >= 0.6 is 27.5 Å². The standard InChI is InChI=1S/C16H12BrClN2O/c1-9-12(6-3-7-13(9)18)15-14(16(19)21-20-15)10-4-2-5-11(17)8-10/h2-8H,19H2,1H3. The Bertz CT molecular complexity index is 814. The van der Waals surface area contributed by atoms with Crippen molar-refractivity contribution in [3.05, 3.63) is 57.5 Å². The second kappa shape index (κ2) is 5.54. The van der Waals surface area contributed by atoms with Crippen LogP contribution in [-0.4, -0.2) is 5.16 Å². The summed E-state index contributed by atoms with van der Waals surface area (Å²) in [6.45, 7) is 1.95. The minimum atomic E-state index is 0.294. The molecule has 5 heteroatoms. The normalized spacial score (nSPS) is 10.8. The molecule has 2 N–H and O–H groups in total. The van der Waals surface area contributed by atoms with Crippen LogP contribution in [0.3, 0.4) is 0 Å². The molecule has 0 fully saturated rings. The van der Waals surface area contributed by atoms with E-state index in [9.17, 15) is 0 Å². The Labute approximate surface area is 135 Å². The Morgan fingerprint density at radius 3 is 2.71 bits per heavy atom. The molecule has 3 aromatic rings. The number of aromatic nitrogens is 1. The third kappa shape index (κ3) is 2.57.